The normalized spacial score (nSPS) is 11.7. The molecule has 6 rings (SSSR count). The molecule has 0 bridgehead atoms. The van der Waals surface area contributed by atoms with E-state index < -0.39 is 0 Å². The topological polar surface area (TPSA) is 77.4 Å². The van der Waals surface area contributed by atoms with E-state index >= 15 is 0 Å². The van der Waals surface area contributed by atoms with Crippen molar-refractivity contribution in [1.29, 1.82) is 0 Å². The van der Waals surface area contributed by atoms with E-state index in [1.807, 2.05) is 88.4 Å². The lowest BCUT2D eigenvalue weighted by Gasteiger charge is -2.20. The van der Waals surface area contributed by atoms with E-state index in [1.54, 1.807) is 26.4 Å². The van der Waals surface area contributed by atoms with Gasteiger partial charge in [-0.25, -0.2) is 0 Å². The molecule has 0 heterocycles. The van der Waals surface area contributed by atoms with Crippen LogP contribution in [-0.4, -0.2) is 36.6 Å². The van der Waals surface area contributed by atoms with E-state index in [0.717, 1.165) is 54.6 Å². The number of rotatable bonds is 7. The first-order valence-corrected chi connectivity index (χ1v) is 14.1. The zero-order chi connectivity index (χ0) is 29.7. The highest BCUT2D eigenvalue weighted by Crippen LogP contribution is 2.51. The summed E-state index contributed by atoms with van der Waals surface area (Å²) in [6.07, 6.45) is 0.107. The summed E-state index contributed by atoms with van der Waals surface area (Å²) < 4.78 is 23.4. The highest BCUT2D eigenvalue weighted by atomic mass is 16.5. The molecule has 6 aromatic rings. The van der Waals surface area contributed by atoms with E-state index in [9.17, 15) is 10.2 Å². The van der Waals surface area contributed by atoms with E-state index in [1.165, 1.54) is 0 Å². The predicted molar refractivity (Wildman–Crippen MR) is 170 cm³/mol. The number of aromatic hydroxyl groups is 2. The Morgan fingerprint density at radius 2 is 0.881 bits per heavy atom. The molecule has 6 aromatic carbocycles. The SMILES string of the molecule is COc1cc(O)c(-c2c(O)cc(OC)c3c2ccc2cc(OC(C)C)ccc23)c2ccc3cc(OC(C)C)ccc3c12. The standard InChI is InChI=1S/C36H34O6/c1-19(2)41-23-9-13-25-21(15-23)7-11-27-33(25)31(39-5)17-29(37)35(27)36-28-12-8-22-16-24(42-20(3)4)10-14-26(22)34(28)32(40-6)18-30(36)38/h7-20,37-38H,1-6H3. The number of methoxy groups -OCH3 is 2. The van der Waals surface area contributed by atoms with Crippen molar-refractivity contribution in [2.24, 2.45) is 0 Å². The third-order valence-corrected chi connectivity index (χ3v) is 7.50. The Balaban J connectivity index is 1.68. The molecule has 0 aromatic heterocycles. The zero-order valence-corrected chi connectivity index (χ0v) is 24.6. The van der Waals surface area contributed by atoms with Crippen LogP contribution >= 0.6 is 0 Å². The van der Waals surface area contributed by atoms with Crippen molar-refractivity contribution < 1.29 is 29.2 Å². The second-order valence-electron chi connectivity index (χ2n) is 11.0. The molecule has 0 saturated carbocycles. The van der Waals surface area contributed by atoms with Crippen LogP contribution in [-0.2, 0) is 0 Å². The van der Waals surface area contributed by atoms with E-state index in [4.69, 9.17) is 18.9 Å². The zero-order valence-electron chi connectivity index (χ0n) is 24.6. The minimum absolute atomic E-state index is 0.000932. The molecular weight excluding hydrogens is 528 g/mol. The van der Waals surface area contributed by atoms with Crippen LogP contribution in [0.3, 0.4) is 0 Å². The van der Waals surface area contributed by atoms with Gasteiger partial charge in [0.25, 0.3) is 0 Å². The van der Waals surface area contributed by atoms with Gasteiger partial charge in [0.2, 0.25) is 0 Å². The molecule has 214 valence electrons. The average molecular weight is 563 g/mol. The number of ether oxygens (including phenoxy) is 4. The Labute approximate surface area is 244 Å². The summed E-state index contributed by atoms with van der Waals surface area (Å²) in [5.74, 6) is 2.64. The average Bonchev–Trinajstić information content (AvgIpc) is 2.95. The van der Waals surface area contributed by atoms with Gasteiger partial charge in [-0.15, -0.1) is 0 Å². The van der Waals surface area contributed by atoms with Gasteiger partial charge in [0.05, 0.1) is 26.4 Å². The van der Waals surface area contributed by atoms with Crippen molar-refractivity contribution in [3.63, 3.8) is 0 Å². The summed E-state index contributed by atoms with van der Waals surface area (Å²) in [6.45, 7) is 7.98. The van der Waals surface area contributed by atoms with Gasteiger partial charge in [-0.05, 0) is 96.4 Å². The maximum Gasteiger partial charge on any atom is 0.131 e. The second-order valence-corrected chi connectivity index (χ2v) is 11.0. The van der Waals surface area contributed by atoms with Gasteiger partial charge in [-0.1, -0.05) is 24.3 Å². The summed E-state index contributed by atoms with van der Waals surface area (Å²) in [5, 5.41) is 30.0. The summed E-state index contributed by atoms with van der Waals surface area (Å²) in [6, 6.07) is 23.1. The molecule has 0 atom stereocenters. The van der Waals surface area contributed by atoms with Crippen molar-refractivity contribution in [2.75, 3.05) is 14.2 Å². The lowest BCUT2D eigenvalue weighted by molar-refractivity contribution is 0.242. The summed E-state index contributed by atoms with van der Waals surface area (Å²) in [7, 11) is 3.18. The number of fused-ring (bicyclic) bond motifs is 6. The summed E-state index contributed by atoms with van der Waals surface area (Å²) in [5.41, 5.74) is 1.03. The van der Waals surface area contributed by atoms with Crippen LogP contribution < -0.4 is 18.9 Å². The number of benzene rings is 6. The van der Waals surface area contributed by atoms with Crippen LogP contribution in [0, 0.1) is 0 Å². The van der Waals surface area contributed by atoms with E-state index in [2.05, 4.69) is 0 Å². The smallest absolute Gasteiger partial charge is 0.131 e. The fraction of sp³-hybridized carbons (Fsp3) is 0.222. The first kappa shape index (κ1) is 27.3. The monoisotopic (exact) mass is 562 g/mol. The highest BCUT2D eigenvalue weighted by Gasteiger charge is 2.23. The minimum Gasteiger partial charge on any atom is -0.507 e. The maximum absolute atomic E-state index is 11.5. The number of hydrogen-bond donors (Lipinski definition) is 2. The van der Waals surface area contributed by atoms with Crippen LogP contribution in [0.2, 0.25) is 0 Å². The largest absolute Gasteiger partial charge is 0.507 e. The fourth-order valence-electron chi connectivity index (χ4n) is 5.91. The number of hydrogen-bond acceptors (Lipinski definition) is 6. The van der Waals surface area contributed by atoms with E-state index in [-0.39, 0.29) is 23.7 Å². The van der Waals surface area contributed by atoms with Crippen molar-refractivity contribution in [1.82, 2.24) is 0 Å². The van der Waals surface area contributed by atoms with Crippen molar-refractivity contribution >= 4 is 43.1 Å². The first-order chi connectivity index (χ1) is 20.2. The molecule has 0 spiro atoms. The molecule has 2 N–H and O–H groups in total. The van der Waals surface area contributed by atoms with Gasteiger partial charge >= 0.3 is 0 Å². The fourth-order valence-corrected chi connectivity index (χ4v) is 5.91. The molecule has 0 fully saturated rings. The van der Waals surface area contributed by atoms with Gasteiger partial charge in [0, 0.05) is 34.0 Å². The van der Waals surface area contributed by atoms with Crippen molar-refractivity contribution in [2.45, 2.75) is 39.9 Å². The van der Waals surface area contributed by atoms with Crippen LogP contribution in [0.4, 0.5) is 0 Å². The summed E-state index contributed by atoms with van der Waals surface area (Å²) in [4.78, 5) is 0. The first-order valence-electron chi connectivity index (χ1n) is 14.1. The van der Waals surface area contributed by atoms with Crippen LogP contribution in [0.5, 0.6) is 34.5 Å². The van der Waals surface area contributed by atoms with Gasteiger partial charge < -0.3 is 29.2 Å². The molecular formula is C36H34O6. The van der Waals surface area contributed by atoms with Crippen LogP contribution in [0.15, 0.2) is 72.8 Å². The van der Waals surface area contributed by atoms with E-state index in [0.29, 0.717) is 22.6 Å². The Bertz CT molecular complexity index is 1850. The molecule has 6 nitrogen and oxygen atoms in total. The number of phenols is 2. The minimum atomic E-state index is 0.000932. The van der Waals surface area contributed by atoms with Crippen molar-refractivity contribution in [3.05, 3.63) is 72.8 Å². The van der Waals surface area contributed by atoms with Gasteiger partial charge in [-0.2, -0.15) is 0 Å². The number of phenolic OH excluding ortho intramolecular Hbond substituents is 2. The summed E-state index contributed by atoms with van der Waals surface area (Å²) >= 11 is 0. The Morgan fingerprint density at radius 3 is 1.24 bits per heavy atom. The van der Waals surface area contributed by atoms with Crippen molar-refractivity contribution in [3.8, 4) is 45.6 Å². The van der Waals surface area contributed by atoms with Gasteiger partial charge in [0.1, 0.15) is 34.5 Å². The van der Waals surface area contributed by atoms with Crippen LogP contribution in [0.25, 0.3) is 54.2 Å². The molecule has 0 aliphatic rings. The molecule has 0 amide bonds. The Hall–Kier alpha value is -4.84. The van der Waals surface area contributed by atoms with Gasteiger partial charge in [-0.3, -0.25) is 0 Å². The molecule has 0 saturated heterocycles. The highest BCUT2D eigenvalue weighted by molar-refractivity contribution is 6.22. The van der Waals surface area contributed by atoms with Gasteiger partial charge in [0.15, 0.2) is 0 Å². The van der Waals surface area contributed by atoms with Crippen LogP contribution in [0.1, 0.15) is 27.7 Å². The molecule has 0 radical (unpaired) electrons. The molecule has 0 unspecified atom stereocenters. The second kappa shape index (κ2) is 10.5. The lowest BCUT2D eigenvalue weighted by atomic mass is 9.88. The maximum atomic E-state index is 11.5. The molecule has 6 heteroatoms. The third kappa shape index (κ3) is 4.53. The molecule has 0 aliphatic heterocycles. The lowest BCUT2D eigenvalue weighted by Crippen LogP contribution is -2.05. The quantitative estimate of drug-likeness (QED) is 0.189. The third-order valence-electron chi connectivity index (χ3n) is 7.50. The predicted octanol–water partition coefficient (Wildman–Crippen LogP) is 8.97. The molecule has 42 heavy (non-hydrogen) atoms. The Morgan fingerprint density at radius 1 is 0.500 bits per heavy atom. The molecule has 0 aliphatic carbocycles. The Kier molecular flexibility index (Phi) is 6.85.